The number of imidazole rings is 1. The fraction of sp³-hybridized carbons (Fsp3) is 0. The fourth-order valence-corrected chi connectivity index (χ4v) is 2.93. The number of halogens is 2. The average Bonchev–Trinajstić information content (AvgIpc) is 3.03. The highest BCUT2D eigenvalue weighted by atomic mass is 127. The van der Waals surface area contributed by atoms with Gasteiger partial charge in [-0.1, -0.05) is 11.6 Å². The molecule has 3 rings (SSSR count). The normalized spacial score (nSPS) is 10.8. The van der Waals surface area contributed by atoms with Crippen LogP contribution >= 0.6 is 33.1 Å². The van der Waals surface area contributed by atoms with Crippen molar-refractivity contribution in [3.8, 4) is 11.4 Å². The Bertz CT molecular complexity index is 946. The third-order valence-electron chi connectivity index (χ3n) is 3.33. The Morgan fingerprint density at radius 2 is 2.08 bits per heavy atom. The minimum absolute atomic E-state index is 0.262. The molecular weight excluding hydrogens is 451 g/mol. The van der Waals surface area contributed by atoms with Gasteiger partial charge in [0.05, 0.1) is 21.7 Å². The molecule has 0 atom stereocenters. The molecule has 0 spiro atoms. The van der Waals surface area contributed by atoms with Gasteiger partial charge >= 0.3 is 0 Å². The van der Waals surface area contributed by atoms with Gasteiger partial charge in [0.1, 0.15) is 5.82 Å². The Hall–Kier alpha value is -2.08. The number of anilines is 1. The van der Waals surface area contributed by atoms with Crippen LogP contribution in [0.15, 0.2) is 36.4 Å². The molecule has 0 saturated carbocycles. The molecule has 2 aromatic carbocycles. The first-order valence-electron chi connectivity index (χ1n) is 6.54. The number of aromatic nitrogens is 2. The van der Waals surface area contributed by atoms with Crippen LogP contribution in [0.25, 0.3) is 22.4 Å². The minimum atomic E-state index is -1.76. The van der Waals surface area contributed by atoms with Crippen molar-refractivity contribution in [2.75, 3.05) is 3.28 Å². The maximum absolute atomic E-state index is 11.5. The lowest BCUT2D eigenvalue weighted by Gasteiger charge is -2.09. The zero-order valence-electron chi connectivity index (χ0n) is 11.8. The molecule has 8 nitrogen and oxygen atoms in total. The van der Waals surface area contributed by atoms with Crippen molar-refractivity contribution >= 4 is 55.7 Å². The van der Waals surface area contributed by atoms with Crippen molar-refractivity contribution < 1.29 is 18.3 Å². The monoisotopic (exact) mass is 460 g/mol. The topological polar surface area (TPSA) is 119 Å². The van der Waals surface area contributed by atoms with Crippen LogP contribution in [-0.2, 0) is 3.07 Å². The SMILES string of the molecule is O=IN(O)c1ccc(Cl)c(-c2nc3ccc(C(=O)NO)cc3[nH]2)c1. The number of hydrogen-bond acceptors (Lipinski definition) is 5. The lowest BCUT2D eigenvalue weighted by Crippen LogP contribution is -2.18. The van der Waals surface area contributed by atoms with E-state index in [9.17, 15) is 13.1 Å². The Morgan fingerprint density at radius 3 is 2.79 bits per heavy atom. The maximum Gasteiger partial charge on any atom is 0.300 e. The van der Waals surface area contributed by atoms with Crippen molar-refractivity contribution in [1.29, 1.82) is 0 Å². The largest absolute Gasteiger partial charge is 0.338 e. The third-order valence-corrected chi connectivity index (χ3v) is 4.59. The number of amides is 1. The summed E-state index contributed by atoms with van der Waals surface area (Å²) in [6.45, 7) is 0. The minimum Gasteiger partial charge on any atom is -0.338 e. The van der Waals surface area contributed by atoms with E-state index in [4.69, 9.17) is 16.8 Å². The number of rotatable bonds is 4. The van der Waals surface area contributed by atoms with Crippen LogP contribution in [0.1, 0.15) is 10.4 Å². The highest BCUT2D eigenvalue weighted by Gasteiger charge is 2.14. The number of aromatic amines is 1. The first-order valence-corrected chi connectivity index (χ1v) is 8.76. The number of carbonyl (C=O) groups is 1. The smallest absolute Gasteiger partial charge is 0.300 e. The molecule has 0 aliphatic rings. The molecule has 0 aliphatic carbocycles. The van der Waals surface area contributed by atoms with E-state index in [1.54, 1.807) is 23.7 Å². The summed E-state index contributed by atoms with van der Waals surface area (Å²) in [5.41, 5.74) is 3.84. The van der Waals surface area contributed by atoms with Crippen molar-refractivity contribution in [1.82, 2.24) is 15.4 Å². The first kappa shape index (κ1) is 16.8. The summed E-state index contributed by atoms with van der Waals surface area (Å²) >= 11 is 4.42. The predicted molar refractivity (Wildman–Crippen MR) is 94.8 cm³/mol. The molecule has 4 N–H and O–H groups in total. The standard InChI is InChI=1S/C14H10ClIN4O4/c15-10-3-2-8(20(24)16-22)6-9(10)13-17-11-4-1-7(14(21)19-23)5-12(11)18-13/h1-6,23-24H,(H,17,18)(H,19,21). The highest BCUT2D eigenvalue weighted by molar-refractivity contribution is 14.1. The number of fused-ring (bicyclic) bond motifs is 1. The lowest BCUT2D eigenvalue weighted by atomic mass is 10.2. The van der Waals surface area contributed by atoms with Gasteiger partial charge in [-0.15, -0.1) is 0 Å². The van der Waals surface area contributed by atoms with Gasteiger partial charge in [-0.2, -0.15) is 3.28 Å². The number of nitrogens with one attached hydrogen (secondary N) is 2. The Kier molecular flexibility index (Phi) is 4.76. The van der Waals surface area contributed by atoms with E-state index >= 15 is 0 Å². The summed E-state index contributed by atoms with van der Waals surface area (Å²) in [7, 11) is 0. The van der Waals surface area contributed by atoms with Gasteiger partial charge in [-0.25, -0.2) is 13.5 Å². The molecule has 1 amide bonds. The quantitative estimate of drug-likeness (QED) is 0.205. The molecule has 0 fully saturated rings. The van der Waals surface area contributed by atoms with E-state index < -0.39 is 27.4 Å². The van der Waals surface area contributed by atoms with Crippen LogP contribution in [0.5, 0.6) is 0 Å². The number of benzene rings is 2. The van der Waals surface area contributed by atoms with Gasteiger partial charge in [-0.05, 0) is 36.4 Å². The van der Waals surface area contributed by atoms with Crippen molar-refractivity contribution in [3.05, 3.63) is 47.0 Å². The molecular formula is C14H10ClIN4O4. The second-order valence-electron chi connectivity index (χ2n) is 4.75. The summed E-state index contributed by atoms with van der Waals surface area (Å²) in [4.78, 5) is 18.9. The van der Waals surface area contributed by atoms with Crippen LogP contribution < -0.4 is 8.76 Å². The fourth-order valence-electron chi connectivity index (χ4n) is 2.19. The summed E-state index contributed by atoms with van der Waals surface area (Å²) in [5, 5.41) is 18.7. The van der Waals surface area contributed by atoms with E-state index in [0.717, 1.165) is 0 Å². The van der Waals surface area contributed by atoms with Gasteiger partial charge in [-0.3, -0.25) is 15.2 Å². The molecule has 0 aliphatic heterocycles. The Morgan fingerprint density at radius 1 is 1.29 bits per heavy atom. The number of hydrogen-bond donors (Lipinski definition) is 4. The second-order valence-corrected chi connectivity index (χ2v) is 6.47. The second kappa shape index (κ2) is 6.81. The van der Waals surface area contributed by atoms with Crippen LogP contribution in [0, 0.1) is 0 Å². The van der Waals surface area contributed by atoms with E-state index in [0.29, 0.717) is 36.4 Å². The number of carbonyl (C=O) groups excluding carboxylic acids is 1. The van der Waals surface area contributed by atoms with Gasteiger partial charge < -0.3 is 4.98 Å². The number of hydroxylamine groups is 1. The first-order chi connectivity index (χ1) is 11.5. The van der Waals surface area contributed by atoms with Crippen molar-refractivity contribution in [3.63, 3.8) is 0 Å². The summed E-state index contributed by atoms with van der Waals surface area (Å²) in [6.07, 6.45) is 0. The number of nitrogens with zero attached hydrogens (tertiary/aromatic N) is 2. The van der Waals surface area contributed by atoms with Crippen molar-refractivity contribution in [2.45, 2.75) is 0 Å². The van der Waals surface area contributed by atoms with E-state index in [1.165, 1.54) is 18.2 Å². The molecule has 0 unspecified atom stereocenters. The summed E-state index contributed by atoms with van der Waals surface area (Å²) in [5.74, 6) is -0.209. The van der Waals surface area contributed by atoms with Gasteiger partial charge in [0, 0.05) is 11.1 Å². The van der Waals surface area contributed by atoms with E-state index in [2.05, 4.69) is 9.97 Å². The zero-order valence-corrected chi connectivity index (χ0v) is 14.7. The van der Waals surface area contributed by atoms with Gasteiger partial charge in [0.15, 0.2) is 0 Å². The Balaban J connectivity index is 2.09. The van der Waals surface area contributed by atoms with Crippen LogP contribution in [0.4, 0.5) is 5.69 Å². The molecule has 10 heteroatoms. The predicted octanol–water partition coefficient (Wildman–Crippen LogP) is 3.43. The van der Waals surface area contributed by atoms with E-state index in [-0.39, 0.29) is 5.56 Å². The molecule has 0 bridgehead atoms. The number of H-pyrrole nitrogens is 1. The van der Waals surface area contributed by atoms with Crippen LogP contribution in [0.2, 0.25) is 5.02 Å². The molecule has 24 heavy (non-hydrogen) atoms. The van der Waals surface area contributed by atoms with Gasteiger partial charge in [0.25, 0.3) is 27.4 Å². The van der Waals surface area contributed by atoms with Crippen LogP contribution in [0.3, 0.4) is 0 Å². The highest BCUT2D eigenvalue weighted by Crippen LogP contribution is 2.32. The Labute approximate surface area is 151 Å². The lowest BCUT2D eigenvalue weighted by molar-refractivity contribution is 0.0706. The molecule has 124 valence electrons. The zero-order chi connectivity index (χ0) is 17.3. The molecule has 0 saturated heterocycles. The maximum atomic E-state index is 11.5. The average molecular weight is 461 g/mol. The summed E-state index contributed by atoms with van der Waals surface area (Å²) in [6, 6.07) is 9.34. The van der Waals surface area contributed by atoms with E-state index in [1.807, 2.05) is 0 Å². The van der Waals surface area contributed by atoms with Gasteiger partial charge in [0.2, 0.25) is 0 Å². The molecule has 3 aromatic rings. The molecule has 1 heterocycles. The molecule has 0 radical (unpaired) electrons. The third kappa shape index (κ3) is 3.11. The van der Waals surface area contributed by atoms with Crippen LogP contribution in [-0.4, -0.2) is 26.3 Å². The molecule has 1 aromatic heterocycles. The van der Waals surface area contributed by atoms with Crippen molar-refractivity contribution in [2.24, 2.45) is 0 Å². The summed E-state index contributed by atoms with van der Waals surface area (Å²) < 4.78 is 11.6.